The minimum absolute atomic E-state index is 0.0602. The standard InChI is InChI=1S/C10H15NO3/c1-9(2)6-4-5-10(9,3)8(12)7(6)11(13)14/h6-7H,4-5H2,1-3H3/t6-,7+,10+/m0/s1. The number of carbonyl (C=O) groups is 1. The van der Waals surface area contributed by atoms with Crippen LogP contribution in [0, 0.1) is 26.9 Å². The molecular formula is C10H15NO3. The van der Waals surface area contributed by atoms with Crippen molar-refractivity contribution in [3.05, 3.63) is 10.1 Å². The lowest BCUT2D eigenvalue weighted by molar-refractivity contribution is -0.516. The number of hydrogen-bond acceptors (Lipinski definition) is 3. The van der Waals surface area contributed by atoms with E-state index in [4.69, 9.17) is 0 Å². The minimum Gasteiger partial charge on any atom is -0.291 e. The Kier molecular flexibility index (Phi) is 1.62. The van der Waals surface area contributed by atoms with E-state index in [1.54, 1.807) is 0 Å². The van der Waals surface area contributed by atoms with Crippen LogP contribution < -0.4 is 0 Å². The third kappa shape index (κ3) is 0.775. The van der Waals surface area contributed by atoms with Crippen molar-refractivity contribution >= 4 is 5.78 Å². The molecule has 2 aliphatic rings. The second-order valence-electron chi connectivity index (χ2n) is 5.29. The third-order valence-electron chi connectivity index (χ3n) is 4.73. The van der Waals surface area contributed by atoms with E-state index in [0.717, 1.165) is 12.8 Å². The van der Waals surface area contributed by atoms with Gasteiger partial charge in [-0.1, -0.05) is 20.8 Å². The summed E-state index contributed by atoms with van der Waals surface area (Å²) in [6.07, 6.45) is 1.63. The number of nitrogens with zero attached hydrogens (tertiary/aromatic N) is 1. The number of carbonyl (C=O) groups excluding carboxylic acids is 1. The topological polar surface area (TPSA) is 60.2 Å². The first-order valence-electron chi connectivity index (χ1n) is 5.00. The average molecular weight is 197 g/mol. The molecule has 0 aliphatic heterocycles. The van der Waals surface area contributed by atoms with Crippen LogP contribution in [0.4, 0.5) is 0 Å². The van der Waals surface area contributed by atoms with Crippen LogP contribution in [0.1, 0.15) is 33.6 Å². The van der Waals surface area contributed by atoms with E-state index in [9.17, 15) is 14.9 Å². The summed E-state index contributed by atoms with van der Waals surface area (Å²) < 4.78 is 0. The molecule has 0 aromatic heterocycles. The highest BCUT2D eigenvalue weighted by Gasteiger charge is 2.70. The van der Waals surface area contributed by atoms with Crippen LogP contribution in [-0.2, 0) is 4.79 Å². The van der Waals surface area contributed by atoms with E-state index in [-0.39, 0.29) is 22.0 Å². The highest BCUT2D eigenvalue weighted by Crippen LogP contribution is 2.63. The van der Waals surface area contributed by atoms with Gasteiger partial charge in [0, 0.05) is 16.3 Å². The third-order valence-corrected chi connectivity index (χ3v) is 4.73. The Bertz CT molecular complexity index is 323. The van der Waals surface area contributed by atoms with Crippen molar-refractivity contribution in [1.82, 2.24) is 0 Å². The Morgan fingerprint density at radius 1 is 1.43 bits per heavy atom. The number of nitro groups is 1. The second kappa shape index (κ2) is 2.35. The fourth-order valence-corrected chi connectivity index (χ4v) is 3.28. The molecule has 4 nitrogen and oxygen atoms in total. The van der Waals surface area contributed by atoms with Crippen molar-refractivity contribution in [2.45, 2.75) is 39.7 Å². The van der Waals surface area contributed by atoms with Crippen molar-refractivity contribution in [2.24, 2.45) is 16.7 Å². The smallest absolute Gasteiger partial charge is 0.274 e. The van der Waals surface area contributed by atoms with Gasteiger partial charge in [-0.25, -0.2) is 0 Å². The molecular weight excluding hydrogens is 182 g/mol. The predicted octanol–water partition coefficient (Wildman–Crippen LogP) is 1.66. The van der Waals surface area contributed by atoms with E-state index in [2.05, 4.69) is 0 Å². The van der Waals surface area contributed by atoms with Crippen LogP contribution in [0.3, 0.4) is 0 Å². The van der Waals surface area contributed by atoms with E-state index >= 15 is 0 Å². The highest BCUT2D eigenvalue weighted by molar-refractivity contribution is 5.93. The van der Waals surface area contributed by atoms with E-state index in [1.165, 1.54) is 0 Å². The van der Waals surface area contributed by atoms with Gasteiger partial charge in [-0.3, -0.25) is 14.9 Å². The minimum atomic E-state index is -0.941. The molecule has 78 valence electrons. The van der Waals surface area contributed by atoms with Crippen LogP contribution in [0.2, 0.25) is 0 Å². The summed E-state index contributed by atoms with van der Waals surface area (Å²) in [5.74, 6) is -0.209. The summed E-state index contributed by atoms with van der Waals surface area (Å²) in [6, 6.07) is -0.941. The second-order valence-corrected chi connectivity index (χ2v) is 5.29. The summed E-state index contributed by atoms with van der Waals surface area (Å²) >= 11 is 0. The zero-order chi connectivity index (χ0) is 10.7. The Hall–Kier alpha value is -0.930. The molecule has 0 unspecified atom stereocenters. The van der Waals surface area contributed by atoms with Crippen LogP contribution in [0.5, 0.6) is 0 Å². The van der Waals surface area contributed by atoms with Gasteiger partial charge >= 0.3 is 0 Å². The quantitative estimate of drug-likeness (QED) is 0.474. The average Bonchev–Trinajstić information content (AvgIpc) is 2.35. The first kappa shape index (κ1) is 9.62. The molecule has 0 N–H and O–H groups in total. The molecule has 4 heteroatoms. The number of Topliss-reactive ketones (excluding diaryl/α,β-unsaturated/α-hetero) is 1. The van der Waals surface area contributed by atoms with Gasteiger partial charge in [-0.15, -0.1) is 0 Å². The van der Waals surface area contributed by atoms with Crippen LogP contribution in [0.15, 0.2) is 0 Å². The fourth-order valence-electron chi connectivity index (χ4n) is 3.28. The molecule has 0 radical (unpaired) electrons. The lowest BCUT2D eigenvalue weighted by Crippen LogP contribution is -2.38. The molecule has 2 saturated carbocycles. The lowest BCUT2D eigenvalue weighted by Gasteiger charge is -2.31. The summed E-state index contributed by atoms with van der Waals surface area (Å²) in [4.78, 5) is 22.3. The van der Waals surface area contributed by atoms with Crippen molar-refractivity contribution in [1.29, 1.82) is 0 Å². The SMILES string of the molecule is CC1(C)[C@H]2CC[C@]1(C)C(=O)[C@@H]2[N+](=O)[O-]. The normalized spacial score (nSPS) is 44.4. The molecule has 2 bridgehead atoms. The molecule has 2 aliphatic carbocycles. The van der Waals surface area contributed by atoms with E-state index in [0.29, 0.717) is 0 Å². The summed E-state index contributed by atoms with van der Waals surface area (Å²) in [6.45, 7) is 5.87. The van der Waals surface area contributed by atoms with Crippen LogP contribution >= 0.6 is 0 Å². The summed E-state index contributed by atoms with van der Waals surface area (Å²) in [7, 11) is 0. The first-order valence-corrected chi connectivity index (χ1v) is 5.00. The maximum absolute atomic E-state index is 11.9. The molecule has 14 heavy (non-hydrogen) atoms. The molecule has 0 aromatic carbocycles. The van der Waals surface area contributed by atoms with Crippen LogP contribution in [0.25, 0.3) is 0 Å². The number of hydrogen-bond donors (Lipinski definition) is 0. The zero-order valence-corrected chi connectivity index (χ0v) is 8.74. The van der Waals surface area contributed by atoms with Gasteiger partial charge in [0.15, 0.2) is 0 Å². The van der Waals surface area contributed by atoms with Crippen molar-refractivity contribution in [3.8, 4) is 0 Å². The Morgan fingerprint density at radius 3 is 2.29 bits per heavy atom. The number of rotatable bonds is 1. The van der Waals surface area contributed by atoms with Crippen LogP contribution in [-0.4, -0.2) is 16.7 Å². The van der Waals surface area contributed by atoms with Gasteiger partial charge in [0.1, 0.15) is 0 Å². The zero-order valence-electron chi connectivity index (χ0n) is 8.74. The van der Waals surface area contributed by atoms with Gasteiger partial charge in [0.25, 0.3) is 6.04 Å². The van der Waals surface area contributed by atoms with Gasteiger partial charge in [0.2, 0.25) is 5.78 Å². The Labute approximate surface area is 82.8 Å². The number of fused-ring (bicyclic) bond motifs is 2. The molecule has 0 aromatic rings. The highest BCUT2D eigenvalue weighted by atomic mass is 16.6. The molecule has 0 amide bonds. The lowest BCUT2D eigenvalue weighted by atomic mass is 9.70. The molecule has 2 rings (SSSR count). The fraction of sp³-hybridized carbons (Fsp3) is 0.900. The van der Waals surface area contributed by atoms with Gasteiger partial charge < -0.3 is 0 Å². The summed E-state index contributed by atoms with van der Waals surface area (Å²) in [5.41, 5.74) is -0.669. The predicted molar refractivity (Wildman–Crippen MR) is 50.4 cm³/mol. The first-order chi connectivity index (χ1) is 6.32. The molecule has 0 spiro atoms. The van der Waals surface area contributed by atoms with Crippen molar-refractivity contribution in [2.75, 3.05) is 0 Å². The molecule has 2 fully saturated rings. The molecule has 0 heterocycles. The monoisotopic (exact) mass is 197 g/mol. The maximum Gasteiger partial charge on any atom is 0.274 e. The van der Waals surface area contributed by atoms with Gasteiger partial charge in [0.05, 0.1) is 0 Å². The van der Waals surface area contributed by atoms with Crippen molar-refractivity contribution < 1.29 is 9.72 Å². The van der Waals surface area contributed by atoms with Gasteiger partial charge in [-0.2, -0.15) is 0 Å². The van der Waals surface area contributed by atoms with E-state index in [1.807, 2.05) is 20.8 Å². The Balaban J connectivity index is 2.49. The van der Waals surface area contributed by atoms with E-state index < -0.39 is 11.5 Å². The Morgan fingerprint density at radius 2 is 2.00 bits per heavy atom. The van der Waals surface area contributed by atoms with Crippen molar-refractivity contribution in [3.63, 3.8) is 0 Å². The summed E-state index contributed by atoms with van der Waals surface area (Å²) in [5, 5.41) is 10.8. The number of ketones is 1. The molecule has 3 atom stereocenters. The largest absolute Gasteiger partial charge is 0.291 e. The maximum atomic E-state index is 11.9. The van der Waals surface area contributed by atoms with Gasteiger partial charge in [-0.05, 0) is 18.3 Å². The molecule has 0 saturated heterocycles.